The Bertz CT molecular complexity index is 1420. The molecular formula is C27H25ClN4O3. The molecule has 178 valence electrons. The van der Waals surface area contributed by atoms with E-state index in [0.717, 1.165) is 23.1 Å². The largest absolute Gasteiger partial charge is 0.328 e. The smallest absolute Gasteiger partial charge is 0.321 e. The van der Waals surface area contributed by atoms with Crippen LogP contribution in [0, 0.1) is 13.8 Å². The highest BCUT2D eigenvalue weighted by Gasteiger charge is 2.21. The predicted molar refractivity (Wildman–Crippen MR) is 140 cm³/mol. The summed E-state index contributed by atoms with van der Waals surface area (Å²) in [5, 5.41) is 6.56. The van der Waals surface area contributed by atoms with E-state index >= 15 is 0 Å². The van der Waals surface area contributed by atoms with Crippen LogP contribution in [0.15, 0.2) is 66.7 Å². The molecule has 1 aromatic heterocycles. The highest BCUT2D eigenvalue weighted by molar-refractivity contribution is 6.42. The Morgan fingerprint density at radius 1 is 0.800 bits per heavy atom. The monoisotopic (exact) mass is 488 g/mol. The number of halogens is 1. The minimum absolute atomic E-state index is 0.148. The van der Waals surface area contributed by atoms with Crippen molar-refractivity contribution < 1.29 is 14.4 Å². The van der Waals surface area contributed by atoms with Crippen LogP contribution >= 0.6 is 11.6 Å². The van der Waals surface area contributed by atoms with E-state index in [1.807, 2.05) is 51.1 Å². The topological polar surface area (TPSA) is 92.2 Å². The van der Waals surface area contributed by atoms with Crippen LogP contribution in [0.25, 0.3) is 10.9 Å². The lowest BCUT2D eigenvalue weighted by molar-refractivity contribution is -0.133. The number of nitrogens with one attached hydrogen (secondary N) is 3. The molecule has 1 heterocycles. The van der Waals surface area contributed by atoms with Gasteiger partial charge in [0.05, 0.1) is 5.52 Å². The van der Waals surface area contributed by atoms with E-state index in [-0.39, 0.29) is 5.69 Å². The summed E-state index contributed by atoms with van der Waals surface area (Å²) < 4.78 is 1.30. The summed E-state index contributed by atoms with van der Waals surface area (Å²) in [5.74, 6) is -2.22. The van der Waals surface area contributed by atoms with Gasteiger partial charge in [-0.3, -0.25) is 19.8 Å². The number of aromatic nitrogens is 1. The lowest BCUT2D eigenvalue weighted by Gasteiger charge is -2.13. The third-order valence-corrected chi connectivity index (χ3v) is 5.75. The summed E-state index contributed by atoms with van der Waals surface area (Å²) in [4.78, 5) is 38.5. The van der Waals surface area contributed by atoms with Crippen molar-refractivity contribution in [3.8, 4) is 0 Å². The SMILES string of the molecule is CCc1ccc(NC(=O)C(=O)Nn2c(C(=O)Nc3cc(C)cc(C)c3)cc3cc(Cl)ccc32)cc1. The van der Waals surface area contributed by atoms with Gasteiger partial charge >= 0.3 is 11.8 Å². The minimum atomic E-state index is -0.919. The molecule has 0 atom stereocenters. The van der Waals surface area contributed by atoms with Gasteiger partial charge in [0.2, 0.25) is 0 Å². The van der Waals surface area contributed by atoms with Gasteiger partial charge in [0.15, 0.2) is 0 Å². The first-order valence-electron chi connectivity index (χ1n) is 11.2. The second-order valence-corrected chi connectivity index (χ2v) is 8.78. The molecule has 35 heavy (non-hydrogen) atoms. The van der Waals surface area contributed by atoms with Gasteiger partial charge in [0.25, 0.3) is 5.91 Å². The third kappa shape index (κ3) is 5.53. The number of rotatable bonds is 5. The number of fused-ring (bicyclic) bond motifs is 1. The Hall–Kier alpha value is -4.10. The molecule has 0 aliphatic heterocycles. The van der Waals surface area contributed by atoms with Crippen LogP contribution in [0.3, 0.4) is 0 Å². The van der Waals surface area contributed by atoms with Gasteiger partial charge < -0.3 is 10.6 Å². The van der Waals surface area contributed by atoms with Gasteiger partial charge in [0, 0.05) is 21.8 Å². The third-order valence-electron chi connectivity index (χ3n) is 5.52. The predicted octanol–water partition coefficient (Wildman–Crippen LogP) is 5.44. The van der Waals surface area contributed by atoms with Crippen LogP contribution in [0.2, 0.25) is 5.02 Å². The molecule has 0 unspecified atom stereocenters. The number of hydrogen-bond acceptors (Lipinski definition) is 3. The summed E-state index contributed by atoms with van der Waals surface area (Å²) in [6, 6.07) is 19.6. The first-order chi connectivity index (χ1) is 16.7. The van der Waals surface area contributed by atoms with Crippen molar-refractivity contribution in [2.45, 2.75) is 27.2 Å². The molecule has 8 heteroatoms. The average Bonchev–Trinajstić information content (AvgIpc) is 3.16. The highest BCUT2D eigenvalue weighted by Crippen LogP contribution is 2.24. The van der Waals surface area contributed by atoms with Crippen LogP contribution in [0.1, 0.15) is 34.1 Å². The summed E-state index contributed by atoms with van der Waals surface area (Å²) in [6.07, 6.45) is 0.867. The molecule has 0 aliphatic carbocycles. The van der Waals surface area contributed by atoms with Crippen molar-refractivity contribution in [3.63, 3.8) is 0 Å². The highest BCUT2D eigenvalue weighted by atomic mass is 35.5. The van der Waals surface area contributed by atoms with E-state index in [9.17, 15) is 14.4 Å². The molecule has 0 aliphatic rings. The second-order valence-electron chi connectivity index (χ2n) is 8.34. The van der Waals surface area contributed by atoms with Gasteiger partial charge in [-0.2, -0.15) is 0 Å². The number of benzene rings is 3. The number of carbonyl (C=O) groups excluding carboxylic acids is 3. The number of carbonyl (C=O) groups is 3. The molecule has 3 aromatic carbocycles. The zero-order valence-electron chi connectivity index (χ0n) is 19.6. The molecule has 4 rings (SSSR count). The fraction of sp³-hybridized carbons (Fsp3) is 0.148. The van der Waals surface area contributed by atoms with Crippen molar-refractivity contribution in [1.29, 1.82) is 0 Å². The van der Waals surface area contributed by atoms with Crippen LogP contribution in [0.4, 0.5) is 11.4 Å². The number of anilines is 2. The van der Waals surface area contributed by atoms with E-state index in [0.29, 0.717) is 27.3 Å². The molecule has 3 amide bonds. The molecule has 0 spiro atoms. The van der Waals surface area contributed by atoms with Crippen molar-refractivity contribution in [2.24, 2.45) is 0 Å². The van der Waals surface area contributed by atoms with Crippen molar-refractivity contribution in [2.75, 3.05) is 16.1 Å². The lowest BCUT2D eigenvalue weighted by atomic mass is 10.1. The maximum atomic E-state index is 13.2. The van der Waals surface area contributed by atoms with Gasteiger partial charge in [-0.15, -0.1) is 0 Å². The number of nitrogens with zero attached hydrogens (tertiary/aromatic N) is 1. The number of aryl methyl sites for hydroxylation is 3. The van der Waals surface area contributed by atoms with E-state index < -0.39 is 17.7 Å². The summed E-state index contributed by atoms with van der Waals surface area (Å²) in [7, 11) is 0. The second kappa shape index (κ2) is 10.0. The Labute approximate surface area is 208 Å². The molecule has 0 saturated heterocycles. The molecule has 7 nitrogen and oxygen atoms in total. The molecular weight excluding hydrogens is 464 g/mol. The summed E-state index contributed by atoms with van der Waals surface area (Å²) in [5.41, 5.74) is 7.47. The summed E-state index contributed by atoms with van der Waals surface area (Å²) in [6.45, 7) is 5.91. The van der Waals surface area contributed by atoms with Crippen LogP contribution in [-0.2, 0) is 16.0 Å². The zero-order valence-corrected chi connectivity index (χ0v) is 20.4. The first kappa shape index (κ1) is 24.0. The first-order valence-corrected chi connectivity index (χ1v) is 11.5. The lowest BCUT2D eigenvalue weighted by Crippen LogP contribution is -2.36. The number of hydrogen-bond donors (Lipinski definition) is 3. The fourth-order valence-electron chi connectivity index (χ4n) is 3.88. The molecule has 0 radical (unpaired) electrons. The normalized spacial score (nSPS) is 10.7. The molecule has 3 N–H and O–H groups in total. The van der Waals surface area contributed by atoms with Crippen LogP contribution in [0.5, 0.6) is 0 Å². The van der Waals surface area contributed by atoms with E-state index in [2.05, 4.69) is 16.1 Å². The Balaban J connectivity index is 1.61. The summed E-state index contributed by atoms with van der Waals surface area (Å²) >= 11 is 6.13. The standard InChI is InChI=1S/C27H25ClN4O3/c1-4-18-5-8-21(9-6-18)29-26(34)27(35)31-32-23-10-7-20(28)14-19(23)15-24(32)25(33)30-22-12-16(2)11-17(3)13-22/h5-15H,4H2,1-3H3,(H,29,34)(H,30,33)(H,31,35). The van der Waals surface area contributed by atoms with Crippen LogP contribution in [-0.4, -0.2) is 22.4 Å². The van der Waals surface area contributed by atoms with Crippen molar-refractivity contribution >= 4 is 51.6 Å². The van der Waals surface area contributed by atoms with Crippen molar-refractivity contribution in [1.82, 2.24) is 4.68 Å². The average molecular weight is 489 g/mol. The van der Waals surface area contributed by atoms with E-state index in [1.54, 1.807) is 36.4 Å². The maximum Gasteiger partial charge on any atom is 0.328 e. The van der Waals surface area contributed by atoms with Crippen molar-refractivity contribution in [3.05, 3.63) is 94.1 Å². The Morgan fingerprint density at radius 3 is 2.14 bits per heavy atom. The van der Waals surface area contributed by atoms with E-state index in [4.69, 9.17) is 11.6 Å². The van der Waals surface area contributed by atoms with E-state index in [1.165, 1.54) is 4.68 Å². The van der Waals surface area contributed by atoms with Gasteiger partial charge in [-0.25, -0.2) is 4.68 Å². The Morgan fingerprint density at radius 2 is 1.49 bits per heavy atom. The minimum Gasteiger partial charge on any atom is -0.321 e. The van der Waals surface area contributed by atoms with Crippen LogP contribution < -0.4 is 16.1 Å². The molecule has 4 aromatic rings. The quantitative estimate of drug-likeness (QED) is 0.327. The zero-order chi connectivity index (χ0) is 25.1. The molecule has 0 saturated carbocycles. The fourth-order valence-corrected chi connectivity index (χ4v) is 4.06. The van der Waals surface area contributed by atoms with Gasteiger partial charge in [-0.05, 0) is 85.5 Å². The van der Waals surface area contributed by atoms with Gasteiger partial charge in [-0.1, -0.05) is 36.7 Å². The Kier molecular flexibility index (Phi) is 6.89. The van der Waals surface area contributed by atoms with Gasteiger partial charge in [0.1, 0.15) is 5.69 Å². The maximum absolute atomic E-state index is 13.2. The number of amides is 3. The molecule has 0 bridgehead atoms. The molecule has 0 fully saturated rings.